The van der Waals surface area contributed by atoms with E-state index in [1.165, 1.54) is 0 Å². The molecule has 10 heavy (non-hydrogen) atoms. The Morgan fingerprint density at radius 2 is 2.50 bits per heavy atom. The summed E-state index contributed by atoms with van der Waals surface area (Å²) in [6.07, 6.45) is 1.71. The minimum absolute atomic E-state index is 0.688. The van der Waals surface area contributed by atoms with Crippen molar-refractivity contribution in [1.29, 1.82) is 0 Å². The van der Waals surface area contributed by atoms with Gasteiger partial charge in [-0.1, -0.05) is 0 Å². The van der Waals surface area contributed by atoms with Gasteiger partial charge in [-0.15, -0.1) is 0 Å². The Bertz CT molecular complexity index is 195. The van der Waals surface area contributed by atoms with Crippen molar-refractivity contribution in [2.24, 2.45) is 0 Å². The lowest BCUT2D eigenvalue weighted by Crippen LogP contribution is -2.09. The number of hydroxylamine groups is 1. The fraction of sp³-hybridized carbons (Fsp3) is 0.429. The molecule has 0 aromatic carbocycles. The summed E-state index contributed by atoms with van der Waals surface area (Å²) >= 11 is 0. The monoisotopic (exact) mass is 141 g/mol. The maximum atomic E-state index is 5.07. The van der Waals surface area contributed by atoms with Crippen LogP contribution < -0.4 is 5.48 Å². The van der Waals surface area contributed by atoms with Gasteiger partial charge >= 0.3 is 0 Å². The Hall–Kier alpha value is -0.800. The van der Waals surface area contributed by atoms with Crippen LogP contribution in [0.25, 0.3) is 0 Å². The Balaban J connectivity index is 2.42. The minimum atomic E-state index is 0.688. The van der Waals surface area contributed by atoms with E-state index >= 15 is 0 Å². The third-order valence-electron chi connectivity index (χ3n) is 1.21. The minimum Gasteiger partial charge on any atom is -0.469 e. The van der Waals surface area contributed by atoms with Crippen molar-refractivity contribution in [3.8, 4) is 0 Å². The van der Waals surface area contributed by atoms with Crippen LogP contribution in [0.1, 0.15) is 11.3 Å². The van der Waals surface area contributed by atoms with Crippen molar-refractivity contribution < 1.29 is 9.25 Å². The summed E-state index contributed by atoms with van der Waals surface area (Å²) < 4.78 is 5.07. The van der Waals surface area contributed by atoms with Crippen LogP contribution in [0.3, 0.4) is 0 Å². The van der Waals surface area contributed by atoms with Gasteiger partial charge in [-0.3, -0.25) is 0 Å². The second-order valence-corrected chi connectivity index (χ2v) is 2.09. The maximum Gasteiger partial charge on any atom is 0.101 e. The molecule has 0 fully saturated rings. The van der Waals surface area contributed by atoms with Crippen LogP contribution in [0.4, 0.5) is 0 Å². The fourth-order valence-electron chi connectivity index (χ4n) is 0.746. The summed E-state index contributed by atoms with van der Waals surface area (Å²) in [5.41, 5.74) is 3.81. The van der Waals surface area contributed by atoms with Crippen molar-refractivity contribution in [1.82, 2.24) is 5.48 Å². The van der Waals surface area contributed by atoms with Gasteiger partial charge in [0.05, 0.1) is 13.4 Å². The lowest BCUT2D eigenvalue weighted by atomic mass is 10.3. The SMILES string of the molecule is CONCc1coc(C)c1. The molecule has 0 unspecified atom stereocenters. The van der Waals surface area contributed by atoms with Gasteiger partial charge in [-0.05, 0) is 13.0 Å². The molecule has 1 rings (SSSR count). The first-order valence-corrected chi connectivity index (χ1v) is 3.13. The maximum absolute atomic E-state index is 5.07. The van der Waals surface area contributed by atoms with Crippen molar-refractivity contribution in [2.45, 2.75) is 13.5 Å². The smallest absolute Gasteiger partial charge is 0.101 e. The lowest BCUT2D eigenvalue weighted by molar-refractivity contribution is 0.0866. The largest absolute Gasteiger partial charge is 0.469 e. The second kappa shape index (κ2) is 3.39. The second-order valence-electron chi connectivity index (χ2n) is 2.09. The van der Waals surface area contributed by atoms with E-state index in [1.54, 1.807) is 13.4 Å². The average molecular weight is 141 g/mol. The zero-order valence-electron chi connectivity index (χ0n) is 6.18. The van der Waals surface area contributed by atoms with Gasteiger partial charge in [0.2, 0.25) is 0 Å². The summed E-state index contributed by atoms with van der Waals surface area (Å²) in [6, 6.07) is 1.96. The molecule has 3 heteroatoms. The van der Waals surface area contributed by atoms with Crippen LogP contribution in [0, 0.1) is 6.92 Å². The van der Waals surface area contributed by atoms with Crippen molar-refractivity contribution in [3.05, 3.63) is 23.7 Å². The summed E-state index contributed by atoms with van der Waals surface area (Å²) in [5, 5.41) is 0. The number of aryl methyl sites for hydroxylation is 1. The van der Waals surface area contributed by atoms with E-state index in [0.29, 0.717) is 6.54 Å². The van der Waals surface area contributed by atoms with E-state index in [-0.39, 0.29) is 0 Å². The lowest BCUT2D eigenvalue weighted by Gasteiger charge is -1.95. The summed E-state index contributed by atoms with van der Waals surface area (Å²) in [7, 11) is 1.59. The molecule has 0 saturated heterocycles. The van der Waals surface area contributed by atoms with Crippen LogP contribution >= 0.6 is 0 Å². The molecule has 0 saturated carbocycles. The molecule has 1 aromatic heterocycles. The zero-order valence-corrected chi connectivity index (χ0v) is 6.18. The average Bonchev–Trinajstić information content (AvgIpc) is 2.31. The van der Waals surface area contributed by atoms with E-state index in [0.717, 1.165) is 11.3 Å². The fourth-order valence-corrected chi connectivity index (χ4v) is 0.746. The van der Waals surface area contributed by atoms with E-state index in [2.05, 4.69) is 10.3 Å². The van der Waals surface area contributed by atoms with E-state index in [9.17, 15) is 0 Å². The van der Waals surface area contributed by atoms with Gasteiger partial charge in [0.25, 0.3) is 0 Å². The molecule has 0 spiro atoms. The van der Waals surface area contributed by atoms with E-state index in [4.69, 9.17) is 4.42 Å². The molecule has 1 heterocycles. The Morgan fingerprint density at radius 3 is 3.00 bits per heavy atom. The molecule has 0 atom stereocenters. The molecule has 0 radical (unpaired) electrons. The van der Waals surface area contributed by atoms with Gasteiger partial charge in [0, 0.05) is 12.1 Å². The molecule has 3 nitrogen and oxygen atoms in total. The van der Waals surface area contributed by atoms with Crippen LogP contribution in [-0.2, 0) is 11.4 Å². The molecule has 0 aliphatic carbocycles. The number of hydrogen-bond donors (Lipinski definition) is 1. The van der Waals surface area contributed by atoms with Gasteiger partial charge in [-0.2, -0.15) is 5.48 Å². The van der Waals surface area contributed by atoms with Crippen LogP contribution in [0.2, 0.25) is 0 Å². The highest BCUT2D eigenvalue weighted by molar-refractivity contribution is 5.10. The highest BCUT2D eigenvalue weighted by Crippen LogP contribution is 2.04. The standard InChI is InChI=1S/C7H11NO2/c1-6-3-7(5-10-6)4-8-9-2/h3,5,8H,4H2,1-2H3. The molecular formula is C7H11NO2. The van der Waals surface area contributed by atoms with Gasteiger partial charge in [0.1, 0.15) is 5.76 Å². The highest BCUT2D eigenvalue weighted by atomic mass is 16.6. The third kappa shape index (κ3) is 1.86. The third-order valence-corrected chi connectivity index (χ3v) is 1.21. The predicted molar refractivity (Wildman–Crippen MR) is 37.3 cm³/mol. The summed E-state index contributed by atoms with van der Waals surface area (Å²) in [6.45, 7) is 2.60. The van der Waals surface area contributed by atoms with Crippen molar-refractivity contribution in [2.75, 3.05) is 7.11 Å². The summed E-state index contributed by atoms with van der Waals surface area (Å²) in [5.74, 6) is 0.924. The van der Waals surface area contributed by atoms with Gasteiger partial charge < -0.3 is 9.25 Å². The first kappa shape index (κ1) is 7.31. The van der Waals surface area contributed by atoms with Gasteiger partial charge in [0.15, 0.2) is 0 Å². The van der Waals surface area contributed by atoms with Crippen molar-refractivity contribution >= 4 is 0 Å². The Morgan fingerprint density at radius 1 is 1.70 bits per heavy atom. The molecule has 0 aliphatic heterocycles. The first-order valence-electron chi connectivity index (χ1n) is 3.13. The van der Waals surface area contributed by atoms with Crippen LogP contribution in [-0.4, -0.2) is 7.11 Å². The summed E-state index contributed by atoms with van der Waals surface area (Å²) in [4.78, 5) is 4.66. The zero-order chi connectivity index (χ0) is 7.40. The Kier molecular flexibility index (Phi) is 2.48. The molecule has 1 aromatic rings. The number of rotatable bonds is 3. The number of nitrogens with one attached hydrogen (secondary N) is 1. The number of furan rings is 1. The molecule has 56 valence electrons. The van der Waals surface area contributed by atoms with E-state index in [1.807, 2.05) is 13.0 Å². The topological polar surface area (TPSA) is 34.4 Å². The van der Waals surface area contributed by atoms with Crippen LogP contribution in [0.5, 0.6) is 0 Å². The molecule has 1 N–H and O–H groups in total. The number of hydrogen-bond acceptors (Lipinski definition) is 3. The highest BCUT2D eigenvalue weighted by Gasteiger charge is 1.94. The first-order chi connectivity index (χ1) is 4.83. The molecule has 0 amide bonds. The Labute approximate surface area is 59.9 Å². The molecule has 0 bridgehead atoms. The normalized spacial score (nSPS) is 10.2. The van der Waals surface area contributed by atoms with E-state index < -0.39 is 0 Å². The predicted octanol–water partition coefficient (Wildman–Crippen LogP) is 1.24. The molecular weight excluding hydrogens is 130 g/mol. The quantitative estimate of drug-likeness (QED) is 0.643. The van der Waals surface area contributed by atoms with Gasteiger partial charge in [-0.25, -0.2) is 0 Å². The van der Waals surface area contributed by atoms with Crippen LogP contribution in [0.15, 0.2) is 16.7 Å². The molecule has 0 aliphatic rings. The van der Waals surface area contributed by atoms with Crippen molar-refractivity contribution in [3.63, 3.8) is 0 Å².